The summed E-state index contributed by atoms with van der Waals surface area (Å²) in [5.41, 5.74) is 0.539. The molecule has 0 aliphatic heterocycles. The van der Waals surface area contributed by atoms with E-state index in [1.54, 1.807) is 24.3 Å². The zero-order chi connectivity index (χ0) is 15.9. The number of hydrogen-bond acceptors (Lipinski definition) is 5. The number of non-ortho nitro benzene ring substituents is 1. The molecule has 2 aromatic rings. The van der Waals surface area contributed by atoms with Crippen molar-refractivity contribution < 1.29 is 19.2 Å². The minimum absolute atomic E-state index is 0.0129. The Hall–Kier alpha value is -2.89. The summed E-state index contributed by atoms with van der Waals surface area (Å²) in [7, 11) is 0. The van der Waals surface area contributed by atoms with Crippen molar-refractivity contribution in [2.75, 3.05) is 13.2 Å². The summed E-state index contributed by atoms with van der Waals surface area (Å²) < 4.78 is 11.0. The number of para-hydroxylation sites is 1. The van der Waals surface area contributed by atoms with E-state index >= 15 is 0 Å². The summed E-state index contributed by atoms with van der Waals surface area (Å²) >= 11 is 0. The molecule has 0 radical (unpaired) electrons. The fourth-order valence-corrected chi connectivity index (χ4v) is 1.86. The van der Waals surface area contributed by atoms with Crippen molar-refractivity contribution in [3.8, 4) is 11.5 Å². The second-order valence-electron chi connectivity index (χ2n) is 4.50. The molecular formula is C16H15NO5. The lowest BCUT2D eigenvalue weighted by atomic mass is 10.1. The zero-order valence-corrected chi connectivity index (χ0v) is 12.0. The lowest BCUT2D eigenvalue weighted by molar-refractivity contribution is -0.384. The second-order valence-corrected chi connectivity index (χ2v) is 4.50. The Balaban J connectivity index is 1.85. The van der Waals surface area contributed by atoms with Gasteiger partial charge in [0.1, 0.15) is 24.7 Å². The van der Waals surface area contributed by atoms with Crippen LogP contribution in [0, 0.1) is 10.1 Å². The Kier molecular flexibility index (Phi) is 5.08. The fourth-order valence-electron chi connectivity index (χ4n) is 1.86. The molecule has 0 atom stereocenters. The number of benzene rings is 2. The van der Waals surface area contributed by atoms with E-state index in [0.717, 1.165) is 0 Å². The number of hydrogen-bond donors (Lipinski definition) is 0. The molecule has 0 saturated carbocycles. The van der Waals surface area contributed by atoms with Gasteiger partial charge in [-0.2, -0.15) is 0 Å². The topological polar surface area (TPSA) is 78.7 Å². The summed E-state index contributed by atoms with van der Waals surface area (Å²) in [4.78, 5) is 21.5. The van der Waals surface area contributed by atoms with Crippen LogP contribution in [0.25, 0.3) is 0 Å². The van der Waals surface area contributed by atoms with Gasteiger partial charge in [0.25, 0.3) is 5.69 Å². The fraction of sp³-hybridized carbons (Fsp3) is 0.188. The van der Waals surface area contributed by atoms with E-state index < -0.39 is 4.92 Å². The van der Waals surface area contributed by atoms with Gasteiger partial charge < -0.3 is 9.47 Å². The van der Waals surface area contributed by atoms with Gasteiger partial charge in [-0.1, -0.05) is 12.1 Å². The SMILES string of the molecule is CC(=O)c1ccccc1OCCOc1ccc([N+](=O)[O-])cc1. The molecule has 0 bridgehead atoms. The quantitative estimate of drug-likeness (QED) is 0.339. The Bertz CT molecular complexity index is 666. The molecule has 114 valence electrons. The van der Waals surface area contributed by atoms with Gasteiger partial charge in [-0.3, -0.25) is 14.9 Å². The van der Waals surface area contributed by atoms with Crippen molar-refractivity contribution in [2.24, 2.45) is 0 Å². The molecule has 0 N–H and O–H groups in total. The molecule has 0 saturated heterocycles. The largest absolute Gasteiger partial charge is 0.490 e. The molecular weight excluding hydrogens is 286 g/mol. The van der Waals surface area contributed by atoms with Gasteiger partial charge in [-0.15, -0.1) is 0 Å². The molecule has 0 aliphatic rings. The summed E-state index contributed by atoms with van der Waals surface area (Å²) in [6.07, 6.45) is 0. The average molecular weight is 301 g/mol. The van der Waals surface area contributed by atoms with Crippen LogP contribution in [-0.2, 0) is 0 Å². The number of carbonyl (C=O) groups is 1. The molecule has 22 heavy (non-hydrogen) atoms. The van der Waals surface area contributed by atoms with Crippen LogP contribution in [0.4, 0.5) is 5.69 Å². The van der Waals surface area contributed by atoms with E-state index in [2.05, 4.69) is 0 Å². The predicted octanol–water partition coefficient (Wildman–Crippen LogP) is 3.26. The maximum Gasteiger partial charge on any atom is 0.269 e. The lowest BCUT2D eigenvalue weighted by Crippen LogP contribution is -2.10. The van der Waals surface area contributed by atoms with Crippen LogP contribution < -0.4 is 9.47 Å². The van der Waals surface area contributed by atoms with Gasteiger partial charge in [0.2, 0.25) is 0 Å². The number of carbonyl (C=O) groups excluding carboxylic acids is 1. The van der Waals surface area contributed by atoms with E-state index in [9.17, 15) is 14.9 Å². The van der Waals surface area contributed by atoms with Crippen molar-refractivity contribution in [1.29, 1.82) is 0 Å². The van der Waals surface area contributed by atoms with Crippen LogP contribution in [0.1, 0.15) is 17.3 Å². The van der Waals surface area contributed by atoms with Crippen LogP contribution in [0.2, 0.25) is 0 Å². The van der Waals surface area contributed by atoms with Gasteiger partial charge in [0.15, 0.2) is 5.78 Å². The number of nitrogens with zero attached hydrogens (tertiary/aromatic N) is 1. The monoisotopic (exact) mass is 301 g/mol. The summed E-state index contributed by atoms with van der Waals surface area (Å²) in [5.74, 6) is 0.975. The van der Waals surface area contributed by atoms with E-state index in [4.69, 9.17) is 9.47 Å². The molecule has 0 aromatic heterocycles. The highest BCUT2D eigenvalue weighted by atomic mass is 16.6. The van der Waals surface area contributed by atoms with E-state index in [1.807, 2.05) is 0 Å². The highest BCUT2D eigenvalue weighted by Gasteiger charge is 2.07. The first kappa shape index (κ1) is 15.5. The third-order valence-corrected chi connectivity index (χ3v) is 2.92. The molecule has 0 fully saturated rings. The Morgan fingerprint density at radius 1 is 1.05 bits per heavy atom. The average Bonchev–Trinajstić information content (AvgIpc) is 2.52. The number of nitro benzene ring substituents is 1. The lowest BCUT2D eigenvalue weighted by Gasteiger charge is -2.10. The molecule has 0 heterocycles. The number of ketones is 1. The molecule has 6 heteroatoms. The molecule has 0 unspecified atom stereocenters. The van der Waals surface area contributed by atoms with Crippen LogP contribution >= 0.6 is 0 Å². The summed E-state index contributed by atoms with van der Waals surface area (Å²) in [5, 5.41) is 10.5. The molecule has 0 aliphatic carbocycles. The minimum Gasteiger partial charge on any atom is -0.490 e. The first-order chi connectivity index (χ1) is 10.6. The van der Waals surface area contributed by atoms with E-state index in [1.165, 1.54) is 31.2 Å². The predicted molar refractivity (Wildman–Crippen MR) is 80.5 cm³/mol. The van der Waals surface area contributed by atoms with Gasteiger partial charge in [-0.25, -0.2) is 0 Å². The van der Waals surface area contributed by atoms with Crippen molar-refractivity contribution in [3.05, 3.63) is 64.2 Å². The highest BCUT2D eigenvalue weighted by Crippen LogP contribution is 2.19. The van der Waals surface area contributed by atoms with Gasteiger partial charge >= 0.3 is 0 Å². The molecule has 0 amide bonds. The maximum atomic E-state index is 11.4. The number of nitro groups is 1. The molecule has 2 aromatic carbocycles. The summed E-state index contributed by atoms with van der Waals surface area (Å²) in [6.45, 7) is 2.01. The maximum absolute atomic E-state index is 11.4. The highest BCUT2D eigenvalue weighted by molar-refractivity contribution is 5.96. The third-order valence-electron chi connectivity index (χ3n) is 2.92. The first-order valence-electron chi connectivity index (χ1n) is 6.68. The molecule has 0 spiro atoms. The number of Topliss-reactive ketones (excluding diaryl/α,β-unsaturated/α-hetero) is 1. The Morgan fingerprint density at radius 2 is 1.68 bits per heavy atom. The Labute approximate surface area is 127 Å². The molecule has 2 rings (SSSR count). The Morgan fingerprint density at radius 3 is 2.32 bits per heavy atom. The van der Waals surface area contributed by atoms with Crippen LogP contribution in [0.15, 0.2) is 48.5 Å². The zero-order valence-electron chi connectivity index (χ0n) is 12.0. The first-order valence-corrected chi connectivity index (χ1v) is 6.68. The van der Waals surface area contributed by atoms with E-state index in [-0.39, 0.29) is 24.7 Å². The van der Waals surface area contributed by atoms with Crippen LogP contribution in [-0.4, -0.2) is 23.9 Å². The number of ether oxygens (including phenoxy) is 2. The van der Waals surface area contributed by atoms with Crippen molar-refractivity contribution in [1.82, 2.24) is 0 Å². The molecule has 6 nitrogen and oxygen atoms in total. The third kappa shape index (κ3) is 4.05. The van der Waals surface area contributed by atoms with Gasteiger partial charge in [0, 0.05) is 12.1 Å². The van der Waals surface area contributed by atoms with Gasteiger partial charge in [-0.05, 0) is 31.2 Å². The van der Waals surface area contributed by atoms with Crippen LogP contribution in [0.3, 0.4) is 0 Å². The normalized spacial score (nSPS) is 10.0. The number of rotatable bonds is 7. The van der Waals surface area contributed by atoms with Gasteiger partial charge in [0.05, 0.1) is 10.5 Å². The standard InChI is InChI=1S/C16H15NO5/c1-12(18)15-4-2-3-5-16(15)22-11-10-21-14-8-6-13(7-9-14)17(19)20/h2-9H,10-11H2,1H3. The van der Waals surface area contributed by atoms with Crippen LogP contribution in [0.5, 0.6) is 11.5 Å². The van der Waals surface area contributed by atoms with E-state index in [0.29, 0.717) is 17.1 Å². The summed E-state index contributed by atoms with van der Waals surface area (Å²) in [6, 6.07) is 12.8. The second kappa shape index (κ2) is 7.21. The van der Waals surface area contributed by atoms with Crippen molar-refractivity contribution >= 4 is 11.5 Å². The minimum atomic E-state index is -0.467. The van der Waals surface area contributed by atoms with Crippen molar-refractivity contribution in [3.63, 3.8) is 0 Å². The van der Waals surface area contributed by atoms with Crippen molar-refractivity contribution in [2.45, 2.75) is 6.92 Å². The smallest absolute Gasteiger partial charge is 0.269 e.